The summed E-state index contributed by atoms with van der Waals surface area (Å²) in [7, 11) is 0. The Morgan fingerprint density at radius 1 is 1.09 bits per heavy atom. The van der Waals surface area contributed by atoms with Crippen LogP contribution >= 0.6 is 11.3 Å². The molecule has 0 N–H and O–H groups in total. The molecule has 0 saturated heterocycles. The molecule has 3 heterocycles. The van der Waals surface area contributed by atoms with Crippen LogP contribution in [0.5, 0.6) is 0 Å². The van der Waals surface area contributed by atoms with Gasteiger partial charge in [0, 0.05) is 6.54 Å². The second-order valence-corrected chi connectivity index (χ2v) is 6.58. The van der Waals surface area contributed by atoms with Crippen LogP contribution in [0.25, 0.3) is 11.1 Å². The van der Waals surface area contributed by atoms with Crippen LogP contribution < -0.4 is 4.90 Å². The number of halogens is 3. The number of hydrogen-bond acceptors (Lipinski definition) is 2. The molecule has 0 aliphatic carbocycles. The maximum absolute atomic E-state index is 12.8. The van der Waals surface area contributed by atoms with Crippen molar-refractivity contribution in [1.29, 1.82) is 0 Å². The second kappa shape index (κ2) is 4.59. The molecule has 6 heteroatoms. The first-order valence-electron chi connectivity index (χ1n) is 7.06. The summed E-state index contributed by atoms with van der Waals surface area (Å²) in [5.41, 5.74) is 4.36. The summed E-state index contributed by atoms with van der Waals surface area (Å²) in [4.78, 5) is 13.2. The third kappa shape index (κ3) is 2.05. The Hall–Kier alpha value is -1.82. The third-order valence-corrected chi connectivity index (χ3v) is 5.20. The Bertz CT molecular complexity index is 778. The molecular formula is C16H12F3NOS. The van der Waals surface area contributed by atoms with Gasteiger partial charge in [0.25, 0.3) is 0 Å². The first-order chi connectivity index (χ1) is 10.4. The van der Waals surface area contributed by atoms with Gasteiger partial charge in [-0.1, -0.05) is 0 Å². The molecule has 4 rings (SSSR count). The highest BCUT2D eigenvalue weighted by atomic mass is 32.1. The minimum atomic E-state index is -4.30. The molecule has 0 spiro atoms. The van der Waals surface area contributed by atoms with Crippen LogP contribution in [0.4, 0.5) is 18.9 Å². The van der Waals surface area contributed by atoms with Crippen molar-refractivity contribution in [3.63, 3.8) is 0 Å². The van der Waals surface area contributed by atoms with E-state index < -0.39 is 11.1 Å². The first kappa shape index (κ1) is 13.8. The highest BCUT2D eigenvalue weighted by molar-refractivity contribution is 7.10. The summed E-state index contributed by atoms with van der Waals surface area (Å²) in [6.45, 7) is 0.745. The van der Waals surface area contributed by atoms with Gasteiger partial charge in [-0.25, -0.2) is 0 Å². The number of aryl methyl sites for hydroxylation is 1. The molecule has 114 valence electrons. The first-order valence-corrected chi connectivity index (χ1v) is 7.94. The highest BCUT2D eigenvalue weighted by Gasteiger charge is 2.34. The van der Waals surface area contributed by atoms with Crippen molar-refractivity contribution in [3.05, 3.63) is 39.6 Å². The molecular weight excluding hydrogens is 311 g/mol. The minimum Gasteiger partial charge on any atom is -0.312 e. The van der Waals surface area contributed by atoms with Gasteiger partial charge in [-0.3, -0.25) is 4.79 Å². The Morgan fingerprint density at radius 2 is 1.86 bits per heavy atom. The zero-order chi connectivity index (χ0) is 15.5. The summed E-state index contributed by atoms with van der Waals surface area (Å²) >= 11 is 0.711. The molecule has 1 aromatic heterocycles. The fraction of sp³-hybridized carbons (Fsp3) is 0.312. The fourth-order valence-electron chi connectivity index (χ4n) is 3.28. The summed E-state index contributed by atoms with van der Waals surface area (Å²) < 4.78 is 38.3. The molecule has 2 nitrogen and oxygen atoms in total. The lowest BCUT2D eigenvalue weighted by atomic mass is 9.95. The van der Waals surface area contributed by atoms with E-state index in [0.717, 1.165) is 41.8 Å². The number of carbonyl (C=O) groups excluding carboxylic acids is 1. The Labute approximate surface area is 129 Å². The predicted octanol–water partition coefficient (Wildman–Crippen LogP) is 4.27. The molecule has 2 aromatic rings. The van der Waals surface area contributed by atoms with Crippen molar-refractivity contribution in [2.24, 2.45) is 0 Å². The lowest BCUT2D eigenvalue weighted by molar-refractivity contribution is -0.134. The van der Waals surface area contributed by atoms with E-state index in [1.165, 1.54) is 11.4 Å². The predicted molar refractivity (Wildman–Crippen MR) is 79.1 cm³/mol. The number of rotatable bonds is 1. The van der Waals surface area contributed by atoms with E-state index in [1.54, 1.807) is 0 Å². The number of carbonyl (C=O) groups is 1. The number of benzene rings is 1. The van der Waals surface area contributed by atoms with Gasteiger partial charge in [-0.2, -0.15) is 13.2 Å². The highest BCUT2D eigenvalue weighted by Crippen LogP contribution is 2.42. The van der Waals surface area contributed by atoms with E-state index in [4.69, 9.17) is 0 Å². The fourth-order valence-corrected chi connectivity index (χ4v) is 4.07. The van der Waals surface area contributed by atoms with Crippen LogP contribution in [0.3, 0.4) is 0 Å². The Morgan fingerprint density at radius 3 is 2.59 bits per heavy atom. The van der Waals surface area contributed by atoms with Gasteiger partial charge in [0.05, 0.1) is 12.1 Å². The molecule has 2 aliphatic heterocycles. The molecule has 2 aliphatic rings. The van der Waals surface area contributed by atoms with Crippen LogP contribution in [-0.2, 0) is 23.8 Å². The molecule has 22 heavy (non-hydrogen) atoms. The maximum Gasteiger partial charge on any atom is 0.425 e. The van der Waals surface area contributed by atoms with Crippen molar-refractivity contribution < 1.29 is 18.0 Å². The minimum absolute atomic E-state index is 0.0920. The molecule has 1 amide bonds. The number of hydrogen-bond donors (Lipinski definition) is 0. The molecule has 0 saturated carbocycles. The van der Waals surface area contributed by atoms with E-state index in [0.29, 0.717) is 23.3 Å². The molecule has 0 fully saturated rings. The zero-order valence-electron chi connectivity index (χ0n) is 11.5. The molecule has 0 unspecified atom stereocenters. The van der Waals surface area contributed by atoms with E-state index in [2.05, 4.69) is 0 Å². The standard InChI is InChI=1S/C16H12F3NOS/c17-16(18,19)13-6-12(8-22-13)10-4-9-2-1-3-20-14(21)7-11(5-10)15(9)20/h4-6,8H,1-3,7H2. The monoisotopic (exact) mass is 323 g/mol. The summed E-state index contributed by atoms with van der Waals surface area (Å²) in [6.07, 6.45) is -2.18. The van der Waals surface area contributed by atoms with Gasteiger partial charge in [0.1, 0.15) is 4.88 Å². The van der Waals surface area contributed by atoms with Crippen molar-refractivity contribution in [1.82, 2.24) is 0 Å². The number of amides is 1. The van der Waals surface area contributed by atoms with Crippen molar-refractivity contribution in [3.8, 4) is 11.1 Å². The van der Waals surface area contributed by atoms with Crippen LogP contribution in [0.15, 0.2) is 23.6 Å². The average molecular weight is 323 g/mol. The van der Waals surface area contributed by atoms with Crippen LogP contribution in [0.1, 0.15) is 22.4 Å². The number of alkyl halides is 3. The van der Waals surface area contributed by atoms with Crippen LogP contribution in [0, 0.1) is 0 Å². The van der Waals surface area contributed by atoms with Gasteiger partial charge >= 0.3 is 6.18 Å². The topological polar surface area (TPSA) is 20.3 Å². The van der Waals surface area contributed by atoms with Gasteiger partial charge in [0.15, 0.2) is 0 Å². The van der Waals surface area contributed by atoms with Crippen molar-refractivity contribution in [2.75, 3.05) is 11.4 Å². The van der Waals surface area contributed by atoms with Gasteiger partial charge in [-0.05, 0) is 58.7 Å². The zero-order valence-corrected chi connectivity index (χ0v) is 12.4. The van der Waals surface area contributed by atoms with E-state index in [1.807, 2.05) is 17.0 Å². The smallest absolute Gasteiger partial charge is 0.312 e. The van der Waals surface area contributed by atoms with Gasteiger partial charge < -0.3 is 4.90 Å². The lowest BCUT2D eigenvalue weighted by Crippen LogP contribution is -2.31. The summed E-state index contributed by atoms with van der Waals surface area (Å²) in [5, 5.41) is 1.54. The summed E-state index contributed by atoms with van der Waals surface area (Å²) in [5.74, 6) is 0.0920. The number of thiophene rings is 1. The van der Waals surface area contributed by atoms with Crippen LogP contribution in [0.2, 0.25) is 0 Å². The van der Waals surface area contributed by atoms with E-state index in [-0.39, 0.29) is 5.91 Å². The van der Waals surface area contributed by atoms with Crippen LogP contribution in [-0.4, -0.2) is 12.5 Å². The quantitative estimate of drug-likeness (QED) is 0.767. The largest absolute Gasteiger partial charge is 0.425 e. The molecule has 0 bridgehead atoms. The number of nitrogens with zero attached hydrogens (tertiary/aromatic N) is 1. The van der Waals surface area contributed by atoms with E-state index >= 15 is 0 Å². The van der Waals surface area contributed by atoms with Gasteiger partial charge in [-0.15, -0.1) is 11.3 Å². The van der Waals surface area contributed by atoms with E-state index in [9.17, 15) is 18.0 Å². The second-order valence-electron chi connectivity index (χ2n) is 5.67. The van der Waals surface area contributed by atoms with Gasteiger partial charge in [0.2, 0.25) is 5.91 Å². The number of anilines is 1. The normalized spacial score (nSPS) is 17.0. The van der Waals surface area contributed by atoms with Crippen molar-refractivity contribution >= 4 is 22.9 Å². The lowest BCUT2D eigenvalue weighted by Gasteiger charge is -2.26. The third-order valence-electron chi connectivity index (χ3n) is 4.22. The Balaban J connectivity index is 1.80. The maximum atomic E-state index is 12.8. The molecule has 1 aromatic carbocycles. The molecule has 0 atom stereocenters. The Kier molecular flexibility index (Phi) is 2.88. The van der Waals surface area contributed by atoms with Crippen molar-refractivity contribution in [2.45, 2.75) is 25.4 Å². The average Bonchev–Trinajstić information content (AvgIpc) is 3.06. The molecule has 0 radical (unpaired) electrons. The SMILES string of the molecule is O=C1Cc2cc(-c3csc(C(F)(F)F)c3)cc3c2N1CCC3. The summed E-state index contributed by atoms with van der Waals surface area (Å²) in [6, 6.07) is 4.99.